The van der Waals surface area contributed by atoms with E-state index in [4.69, 9.17) is 0 Å². The average Bonchev–Trinajstić information content (AvgIpc) is 2.06. The molecule has 3 atom stereocenters. The number of likely N-dealkylation sites (tertiary alicyclic amines) is 1. The van der Waals surface area contributed by atoms with Crippen LogP contribution in [0, 0.1) is 0 Å². The van der Waals surface area contributed by atoms with Crippen molar-refractivity contribution in [1.82, 2.24) is 9.80 Å². The molecule has 15 heavy (non-hydrogen) atoms. The van der Waals surface area contributed by atoms with Gasteiger partial charge in [0.15, 0.2) is 0 Å². The van der Waals surface area contributed by atoms with Crippen molar-refractivity contribution >= 4 is 0 Å². The Labute approximate surface area is 93.4 Å². The van der Waals surface area contributed by atoms with Crippen LogP contribution in [0.4, 0.5) is 4.39 Å². The molecule has 90 valence electrons. The highest BCUT2D eigenvalue weighted by molar-refractivity contribution is 4.94. The molecule has 0 radical (unpaired) electrons. The SMILES string of the molecule is CC1CC(N(C)C)C(F)CN1C(C)(C)C. The quantitative estimate of drug-likeness (QED) is 0.662. The second-order valence-corrected chi connectivity index (χ2v) is 5.95. The third-order valence-electron chi connectivity index (χ3n) is 3.43. The smallest absolute Gasteiger partial charge is 0.128 e. The van der Waals surface area contributed by atoms with Crippen molar-refractivity contribution in [1.29, 1.82) is 0 Å². The number of hydrogen-bond donors (Lipinski definition) is 0. The summed E-state index contributed by atoms with van der Waals surface area (Å²) < 4.78 is 14.0. The van der Waals surface area contributed by atoms with E-state index in [9.17, 15) is 4.39 Å². The van der Waals surface area contributed by atoms with E-state index in [1.165, 1.54) is 0 Å². The normalized spacial score (nSPS) is 34.8. The van der Waals surface area contributed by atoms with Gasteiger partial charge in [-0.3, -0.25) is 4.90 Å². The van der Waals surface area contributed by atoms with E-state index in [1.807, 2.05) is 19.0 Å². The molecule has 0 aromatic rings. The van der Waals surface area contributed by atoms with Gasteiger partial charge in [0.2, 0.25) is 0 Å². The van der Waals surface area contributed by atoms with Crippen molar-refractivity contribution in [3.8, 4) is 0 Å². The molecular weight excluding hydrogens is 191 g/mol. The Balaban J connectivity index is 2.71. The number of alkyl halides is 1. The van der Waals surface area contributed by atoms with E-state index < -0.39 is 6.17 Å². The first-order valence-electron chi connectivity index (χ1n) is 5.80. The summed E-state index contributed by atoms with van der Waals surface area (Å²) >= 11 is 0. The van der Waals surface area contributed by atoms with E-state index in [2.05, 4.69) is 32.6 Å². The first-order chi connectivity index (χ1) is 6.73. The third-order valence-corrected chi connectivity index (χ3v) is 3.43. The summed E-state index contributed by atoms with van der Waals surface area (Å²) in [5, 5.41) is 0. The lowest BCUT2D eigenvalue weighted by molar-refractivity contribution is -0.0203. The van der Waals surface area contributed by atoms with Crippen LogP contribution in [0.5, 0.6) is 0 Å². The molecule has 2 nitrogen and oxygen atoms in total. The first kappa shape index (κ1) is 12.9. The highest BCUT2D eigenvalue weighted by Crippen LogP contribution is 2.28. The van der Waals surface area contributed by atoms with Gasteiger partial charge in [-0.1, -0.05) is 0 Å². The molecule has 1 fully saturated rings. The van der Waals surface area contributed by atoms with E-state index in [0.717, 1.165) is 6.42 Å². The van der Waals surface area contributed by atoms with Gasteiger partial charge in [0.25, 0.3) is 0 Å². The molecular formula is C12H25FN2. The summed E-state index contributed by atoms with van der Waals surface area (Å²) in [5.74, 6) is 0. The average molecular weight is 216 g/mol. The summed E-state index contributed by atoms with van der Waals surface area (Å²) in [6, 6.07) is 0.544. The molecule has 3 unspecified atom stereocenters. The molecule has 1 saturated heterocycles. The summed E-state index contributed by atoms with van der Waals surface area (Å²) in [4.78, 5) is 4.29. The Kier molecular flexibility index (Phi) is 3.77. The molecule has 3 heteroatoms. The van der Waals surface area contributed by atoms with Crippen LogP contribution in [-0.2, 0) is 0 Å². The zero-order valence-electron chi connectivity index (χ0n) is 10.9. The van der Waals surface area contributed by atoms with Gasteiger partial charge in [0, 0.05) is 24.2 Å². The Morgan fingerprint density at radius 1 is 1.27 bits per heavy atom. The minimum Gasteiger partial charge on any atom is -0.303 e. The number of halogens is 1. The van der Waals surface area contributed by atoms with Gasteiger partial charge in [-0.25, -0.2) is 4.39 Å². The lowest BCUT2D eigenvalue weighted by Gasteiger charge is -2.48. The zero-order valence-corrected chi connectivity index (χ0v) is 10.9. The number of hydrogen-bond acceptors (Lipinski definition) is 2. The molecule has 0 spiro atoms. The van der Waals surface area contributed by atoms with Gasteiger partial charge in [-0.2, -0.15) is 0 Å². The van der Waals surface area contributed by atoms with Crippen LogP contribution < -0.4 is 0 Å². The molecule has 0 aromatic carbocycles. The minimum atomic E-state index is -0.726. The maximum Gasteiger partial charge on any atom is 0.128 e. The van der Waals surface area contributed by atoms with Gasteiger partial charge < -0.3 is 4.90 Å². The molecule has 1 aliphatic heterocycles. The van der Waals surface area contributed by atoms with Gasteiger partial charge >= 0.3 is 0 Å². The standard InChI is InChI=1S/C12H25FN2/c1-9-7-11(14(5)6)10(13)8-15(9)12(2,3)4/h9-11H,7-8H2,1-6H3. The predicted octanol–water partition coefficient (Wildman–Crippen LogP) is 2.15. The monoisotopic (exact) mass is 216 g/mol. The molecule has 0 amide bonds. The Hall–Kier alpha value is -0.150. The first-order valence-corrected chi connectivity index (χ1v) is 5.80. The zero-order chi connectivity index (χ0) is 11.8. The molecule has 0 bridgehead atoms. The predicted molar refractivity (Wildman–Crippen MR) is 62.9 cm³/mol. The Bertz CT molecular complexity index is 210. The largest absolute Gasteiger partial charge is 0.303 e. The molecule has 1 heterocycles. The van der Waals surface area contributed by atoms with Crippen LogP contribution >= 0.6 is 0 Å². The van der Waals surface area contributed by atoms with Gasteiger partial charge in [0.05, 0.1) is 0 Å². The maximum absolute atomic E-state index is 14.0. The second kappa shape index (κ2) is 4.38. The fraction of sp³-hybridized carbons (Fsp3) is 1.00. The van der Waals surface area contributed by atoms with Crippen LogP contribution in [-0.4, -0.2) is 54.2 Å². The molecule has 0 saturated carbocycles. The van der Waals surface area contributed by atoms with E-state index in [0.29, 0.717) is 12.6 Å². The van der Waals surface area contributed by atoms with Crippen molar-refractivity contribution in [2.75, 3.05) is 20.6 Å². The van der Waals surface area contributed by atoms with Crippen molar-refractivity contribution in [3.05, 3.63) is 0 Å². The lowest BCUT2D eigenvalue weighted by Crippen LogP contribution is -2.59. The van der Waals surface area contributed by atoms with Crippen molar-refractivity contribution < 1.29 is 4.39 Å². The highest BCUT2D eigenvalue weighted by Gasteiger charge is 2.38. The number of piperidine rings is 1. The summed E-state index contributed by atoms with van der Waals surface area (Å²) in [7, 11) is 3.94. The van der Waals surface area contributed by atoms with Gasteiger partial charge in [-0.05, 0) is 48.2 Å². The second-order valence-electron chi connectivity index (χ2n) is 5.95. The van der Waals surface area contributed by atoms with Crippen LogP contribution in [0.25, 0.3) is 0 Å². The Morgan fingerprint density at radius 3 is 2.20 bits per heavy atom. The fourth-order valence-corrected chi connectivity index (χ4v) is 2.58. The summed E-state index contributed by atoms with van der Waals surface area (Å²) in [6.45, 7) is 9.24. The third kappa shape index (κ3) is 2.91. The lowest BCUT2D eigenvalue weighted by atomic mass is 9.91. The minimum absolute atomic E-state index is 0.0705. The highest BCUT2D eigenvalue weighted by atomic mass is 19.1. The van der Waals surface area contributed by atoms with Gasteiger partial charge in [0.1, 0.15) is 6.17 Å². The Morgan fingerprint density at radius 2 is 1.80 bits per heavy atom. The van der Waals surface area contributed by atoms with E-state index in [1.54, 1.807) is 0 Å². The molecule has 0 aromatic heterocycles. The molecule has 1 rings (SSSR count). The van der Waals surface area contributed by atoms with Crippen molar-refractivity contribution in [2.24, 2.45) is 0 Å². The fourth-order valence-electron chi connectivity index (χ4n) is 2.58. The number of rotatable bonds is 1. The van der Waals surface area contributed by atoms with E-state index in [-0.39, 0.29) is 11.6 Å². The van der Waals surface area contributed by atoms with Crippen LogP contribution in [0.1, 0.15) is 34.1 Å². The summed E-state index contributed by atoms with van der Waals surface area (Å²) in [6.07, 6.45) is 0.196. The summed E-state index contributed by atoms with van der Waals surface area (Å²) in [5.41, 5.74) is 0.0705. The van der Waals surface area contributed by atoms with Gasteiger partial charge in [-0.15, -0.1) is 0 Å². The van der Waals surface area contributed by atoms with Crippen LogP contribution in [0.15, 0.2) is 0 Å². The topological polar surface area (TPSA) is 6.48 Å². The molecule has 1 aliphatic rings. The van der Waals surface area contributed by atoms with E-state index >= 15 is 0 Å². The van der Waals surface area contributed by atoms with Crippen LogP contribution in [0.3, 0.4) is 0 Å². The van der Waals surface area contributed by atoms with Crippen molar-refractivity contribution in [3.63, 3.8) is 0 Å². The number of nitrogens with zero attached hydrogens (tertiary/aromatic N) is 2. The maximum atomic E-state index is 14.0. The van der Waals surface area contributed by atoms with Crippen LogP contribution in [0.2, 0.25) is 0 Å². The van der Waals surface area contributed by atoms with Crippen molar-refractivity contribution in [2.45, 2.75) is 57.9 Å². The molecule has 0 N–H and O–H groups in total. The molecule has 0 aliphatic carbocycles.